The summed E-state index contributed by atoms with van der Waals surface area (Å²) in [5.74, 6) is -1.51. The van der Waals surface area contributed by atoms with E-state index in [-0.39, 0.29) is 11.9 Å². The summed E-state index contributed by atoms with van der Waals surface area (Å²) in [4.78, 5) is 0. The van der Waals surface area contributed by atoms with Crippen LogP contribution in [0.25, 0.3) is 55.4 Å². The molecule has 176 valence electrons. The summed E-state index contributed by atoms with van der Waals surface area (Å²) in [6, 6.07) is 21.5. The Morgan fingerprint density at radius 2 is 1.31 bits per heavy atom. The lowest BCUT2D eigenvalue weighted by Gasteiger charge is -2.07. The van der Waals surface area contributed by atoms with E-state index in [0.29, 0.717) is 44.2 Å². The fraction of sp³-hybridized carbons (Fsp3) is 0.0938. The lowest BCUT2D eigenvalue weighted by molar-refractivity contribution is -0.660. The number of hydrogen-bond donors (Lipinski definition) is 0. The molecule has 2 heterocycles. The molecule has 6 rings (SSSR count). The predicted octanol–water partition coefficient (Wildman–Crippen LogP) is 8.31. The molecular weight excluding hydrogens is 452 g/mol. The van der Waals surface area contributed by atoms with Crippen LogP contribution in [0, 0.1) is 25.5 Å². The van der Waals surface area contributed by atoms with Crippen LogP contribution in [-0.4, -0.2) is 0 Å². The fourth-order valence-electron chi connectivity index (χ4n) is 4.75. The van der Waals surface area contributed by atoms with Gasteiger partial charge in [0.2, 0.25) is 5.69 Å². The molecule has 0 aliphatic heterocycles. The predicted molar refractivity (Wildman–Crippen MR) is 141 cm³/mol. The van der Waals surface area contributed by atoms with Gasteiger partial charge in [-0.2, -0.15) is 0 Å². The minimum Gasteiger partial charge on any atom is -0.454 e. The van der Waals surface area contributed by atoms with Gasteiger partial charge in [-0.25, -0.2) is 13.3 Å². The van der Waals surface area contributed by atoms with Gasteiger partial charge >= 0.3 is 0 Å². The maximum atomic E-state index is 15.4. The van der Waals surface area contributed by atoms with Crippen LogP contribution in [0.2, 0.25) is 0 Å². The molecule has 2 nitrogen and oxygen atoms in total. The largest absolute Gasteiger partial charge is 0.454 e. The molecule has 0 radical (unpaired) electrons. The van der Waals surface area contributed by atoms with E-state index in [0.717, 1.165) is 11.1 Å². The van der Waals surface area contributed by atoms with Crippen molar-refractivity contribution in [2.45, 2.75) is 13.8 Å². The highest BCUT2D eigenvalue weighted by atomic mass is 19.1. The van der Waals surface area contributed by atoms with E-state index in [1.807, 2.05) is 74.5 Å². The van der Waals surface area contributed by atoms with Gasteiger partial charge in [-0.15, -0.1) is 0 Å². The van der Waals surface area contributed by atoms with Crippen LogP contribution in [0.3, 0.4) is 0 Å². The Labute approximate surface area is 212 Å². The average Bonchev–Trinajstić information content (AvgIpc) is 3.31. The van der Waals surface area contributed by atoms with Crippen LogP contribution in [0.4, 0.5) is 8.78 Å². The van der Waals surface area contributed by atoms with E-state index in [4.69, 9.17) is 8.53 Å². The zero-order valence-corrected chi connectivity index (χ0v) is 20.0. The van der Waals surface area contributed by atoms with Crippen LogP contribution in [0.5, 0.6) is 0 Å². The summed E-state index contributed by atoms with van der Waals surface area (Å²) in [7, 11) is 1.52. The highest BCUT2D eigenvalue weighted by molar-refractivity contribution is 6.13. The number of aryl methyl sites for hydroxylation is 2. The average molecular weight is 480 g/mol. The zero-order valence-electron chi connectivity index (χ0n) is 23.0. The van der Waals surface area contributed by atoms with Crippen LogP contribution in [0.1, 0.15) is 15.2 Å². The number of fused-ring (bicyclic) bond motifs is 3. The molecule has 0 fully saturated rings. The molecule has 0 aliphatic carbocycles. The molecule has 6 aromatic rings. The molecule has 0 atom stereocenters. The molecule has 0 spiro atoms. The number of rotatable bonds is 3. The Hall–Kier alpha value is -4.31. The van der Waals surface area contributed by atoms with Crippen molar-refractivity contribution in [3.8, 4) is 33.5 Å². The first-order valence-electron chi connectivity index (χ1n) is 13.1. The second-order valence-electron chi connectivity index (χ2n) is 9.06. The standard InChI is InChI=1S/C32H24F2NO/c1-19-4-7-21(8-5-19)22-9-11-23(12-10-22)30-27(34)15-14-26-25-13-6-20(2)29(31(25)36-32(26)30)28-18-24(33)16-17-35(28)3/h4-18H,1-3H3/q+1/i16D,17D,18D. The number of hydrogen-bond acceptors (Lipinski definition) is 1. The van der Waals surface area contributed by atoms with Gasteiger partial charge in [0.1, 0.15) is 31.2 Å². The normalized spacial score (nSPS) is 12.6. The van der Waals surface area contributed by atoms with Gasteiger partial charge < -0.3 is 4.42 Å². The lowest BCUT2D eigenvalue weighted by atomic mass is 9.97. The smallest absolute Gasteiger partial charge is 0.219 e. The Bertz CT molecular complexity index is 1900. The van der Waals surface area contributed by atoms with E-state index in [9.17, 15) is 4.39 Å². The lowest BCUT2D eigenvalue weighted by Crippen LogP contribution is -2.30. The molecule has 2 aromatic heterocycles. The molecule has 4 heteroatoms. The van der Waals surface area contributed by atoms with Crippen molar-refractivity contribution in [3.63, 3.8) is 0 Å². The van der Waals surface area contributed by atoms with Crippen molar-refractivity contribution in [2.24, 2.45) is 7.05 Å². The van der Waals surface area contributed by atoms with Crippen molar-refractivity contribution < 1.29 is 21.9 Å². The highest BCUT2D eigenvalue weighted by Gasteiger charge is 2.23. The van der Waals surface area contributed by atoms with Crippen LogP contribution in [-0.2, 0) is 7.05 Å². The molecule has 0 bridgehead atoms. The van der Waals surface area contributed by atoms with Gasteiger partial charge in [0, 0.05) is 22.9 Å². The summed E-state index contributed by atoms with van der Waals surface area (Å²) in [6.07, 6.45) is -0.355. The number of furan rings is 1. The highest BCUT2D eigenvalue weighted by Crippen LogP contribution is 2.41. The summed E-state index contributed by atoms with van der Waals surface area (Å²) in [6.45, 7) is 3.84. The molecule has 0 saturated carbocycles. The van der Waals surface area contributed by atoms with Gasteiger partial charge in [-0.3, -0.25) is 0 Å². The van der Waals surface area contributed by atoms with Crippen molar-refractivity contribution in [1.29, 1.82) is 0 Å². The van der Waals surface area contributed by atoms with Crippen LogP contribution >= 0.6 is 0 Å². The Balaban J connectivity index is 1.59. The monoisotopic (exact) mass is 479 g/mol. The van der Waals surface area contributed by atoms with Gasteiger partial charge in [0.05, 0.1) is 13.9 Å². The number of nitrogens with zero attached hydrogens (tertiary/aromatic N) is 1. The number of benzene rings is 4. The molecular formula is C32H24F2NO+. The minimum atomic E-state index is -1.07. The SMILES string of the molecule is [2H]c1c(F)c([2H])c(-c2c(C)ccc3c2oc2c(-c4ccc(-c5ccc(C)cc5)cc4)c(F)ccc23)[n+](C)c1[2H]. The number of pyridine rings is 1. The second kappa shape index (κ2) is 8.42. The third-order valence-electron chi connectivity index (χ3n) is 6.66. The van der Waals surface area contributed by atoms with E-state index in [1.54, 1.807) is 6.07 Å². The van der Waals surface area contributed by atoms with E-state index in [1.165, 1.54) is 23.2 Å². The van der Waals surface area contributed by atoms with Crippen molar-refractivity contribution in [2.75, 3.05) is 0 Å². The topological polar surface area (TPSA) is 17.0 Å². The first-order valence-corrected chi connectivity index (χ1v) is 11.6. The minimum absolute atomic E-state index is 0.125. The number of aromatic nitrogens is 1. The van der Waals surface area contributed by atoms with E-state index in [2.05, 4.69) is 0 Å². The summed E-state index contributed by atoms with van der Waals surface area (Å²) < 4.78 is 62.3. The van der Waals surface area contributed by atoms with Gasteiger partial charge in [-0.1, -0.05) is 66.2 Å². The quantitative estimate of drug-likeness (QED) is 0.233. The van der Waals surface area contributed by atoms with Crippen LogP contribution in [0.15, 0.2) is 95.5 Å². The second-order valence-corrected chi connectivity index (χ2v) is 9.06. The maximum absolute atomic E-state index is 15.4. The molecule has 4 aromatic carbocycles. The van der Waals surface area contributed by atoms with E-state index >= 15 is 4.39 Å². The van der Waals surface area contributed by atoms with Gasteiger partial charge in [0.15, 0.2) is 6.17 Å². The molecule has 0 amide bonds. The number of halogens is 2. The first kappa shape index (κ1) is 18.9. The molecule has 0 saturated heterocycles. The van der Waals surface area contributed by atoms with E-state index < -0.39 is 23.7 Å². The maximum Gasteiger partial charge on any atom is 0.219 e. The van der Waals surface area contributed by atoms with Crippen LogP contribution < -0.4 is 4.57 Å². The van der Waals surface area contributed by atoms with Gasteiger partial charge in [0.25, 0.3) is 0 Å². The van der Waals surface area contributed by atoms with Gasteiger partial charge in [-0.05, 0) is 48.2 Å². The Morgan fingerprint density at radius 3 is 2.00 bits per heavy atom. The molecule has 0 unspecified atom stereocenters. The van der Waals surface area contributed by atoms with Crippen molar-refractivity contribution >= 4 is 21.9 Å². The third kappa shape index (κ3) is 3.57. The van der Waals surface area contributed by atoms with Crippen molar-refractivity contribution in [1.82, 2.24) is 0 Å². The zero-order chi connectivity index (χ0) is 27.6. The first-order chi connectivity index (χ1) is 18.7. The fourth-order valence-corrected chi connectivity index (χ4v) is 4.75. The van der Waals surface area contributed by atoms with Crippen molar-refractivity contribution in [3.05, 3.63) is 114 Å². The molecule has 0 N–H and O–H groups in total. The summed E-state index contributed by atoms with van der Waals surface area (Å²) in [5, 5.41) is 1.37. The third-order valence-corrected chi connectivity index (χ3v) is 6.66. The Kier molecular flexibility index (Phi) is 4.43. The molecule has 0 aliphatic rings. The summed E-state index contributed by atoms with van der Waals surface area (Å²) in [5.41, 5.74) is 6.18. The summed E-state index contributed by atoms with van der Waals surface area (Å²) >= 11 is 0. The molecule has 36 heavy (non-hydrogen) atoms. The Morgan fingerprint density at radius 1 is 0.722 bits per heavy atom.